The van der Waals surface area contributed by atoms with E-state index in [0.29, 0.717) is 22.5 Å². The highest BCUT2D eigenvalue weighted by Crippen LogP contribution is 2.26. The third-order valence-electron chi connectivity index (χ3n) is 6.16. The van der Waals surface area contributed by atoms with Crippen LogP contribution in [0, 0.1) is 12.8 Å². The van der Waals surface area contributed by atoms with Crippen LogP contribution in [-0.2, 0) is 11.3 Å². The van der Waals surface area contributed by atoms with E-state index in [-0.39, 0.29) is 11.1 Å². The van der Waals surface area contributed by atoms with Gasteiger partial charge in [-0.3, -0.25) is 19.9 Å². The molecule has 2 aliphatic heterocycles. The average Bonchev–Trinajstić information content (AvgIpc) is 3.15. The first-order chi connectivity index (χ1) is 16.5. The Balaban J connectivity index is 1.15. The number of fused-ring (bicyclic) bond motifs is 1. The SMILES string of the molecule is Cc1cc(CNCC2CCN(c3nccc(/C=C4\SC(=O)NC4=O)n3)CC2)c2ccccc2n1. The number of thioether (sulfide) groups is 1. The van der Waals surface area contributed by atoms with E-state index in [1.165, 1.54) is 10.9 Å². The Hall–Kier alpha value is -3.30. The third-order valence-corrected chi connectivity index (χ3v) is 6.97. The van der Waals surface area contributed by atoms with Crippen LogP contribution in [0.5, 0.6) is 0 Å². The van der Waals surface area contributed by atoms with Crippen LogP contribution in [0.2, 0.25) is 0 Å². The zero-order valence-electron chi connectivity index (χ0n) is 19.0. The van der Waals surface area contributed by atoms with Gasteiger partial charge in [-0.15, -0.1) is 0 Å². The van der Waals surface area contributed by atoms with Gasteiger partial charge >= 0.3 is 0 Å². The number of hydrogen-bond donors (Lipinski definition) is 2. The molecule has 34 heavy (non-hydrogen) atoms. The Bertz CT molecular complexity index is 1270. The lowest BCUT2D eigenvalue weighted by atomic mass is 9.97. The summed E-state index contributed by atoms with van der Waals surface area (Å²) in [6.45, 7) is 5.61. The van der Waals surface area contributed by atoms with E-state index in [1.54, 1.807) is 18.3 Å². The Kier molecular flexibility index (Phi) is 6.55. The maximum Gasteiger partial charge on any atom is 0.290 e. The summed E-state index contributed by atoms with van der Waals surface area (Å²) in [6, 6.07) is 12.2. The minimum atomic E-state index is -0.376. The number of pyridine rings is 1. The molecule has 2 aliphatic rings. The average molecular weight is 475 g/mol. The summed E-state index contributed by atoms with van der Waals surface area (Å²) in [5, 5.41) is 6.77. The fourth-order valence-electron chi connectivity index (χ4n) is 4.44. The van der Waals surface area contributed by atoms with E-state index >= 15 is 0 Å². The van der Waals surface area contributed by atoms with Crippen LogP contribution in [0.15, 0.2) is 47.5 Å². The topological polar surface area (TPSA) is 100 Å². The number of aryl methyl sites for hydroxylation is 1. The van der Waals surface area contributed by atoms with Gasteiger partial charge in [0.15, 0.2) is 0 Å². The van der Waals surface area contributed by atoms with Gasteiger partial charge in [-0.25, -0.2) is 9.97 Å². The molecular weight excluding hydrogens is 448 g/mol. The summed E-state index contributed by atoms with van der Waals surface area (Å²) in [6.07, 6.45) is 5.45. The molecule has 2 fully saturated rings. The van der Waals surface area contributed by atoms with Crippen molar-refractivity contribution < 1.29 is 9.59 Å². The van der Waals surface area contributed by atoms with Gasteiger partial charge in [-0.1, -0.05) is 18.2 Å². The third kappa shape index (κ3) is 5.10. The maximum atomic E-state index is 11.8. The fraction of sp³-hybridized carbons (Fsp3) is 0.320. The second-order valence-electron chi connectivity index (χ2n) is 8.63. The number of carbonyl (C=O) groups is 2. The van der Waals surface area contributed by atoms with E-state index in [4.69, 9.17) is 0 Å². The minimum Gasteiger partial charge on any atom is -0.341 e. The monoisotopic (exact) mass is 474 g/mol. The second kappa shape index (κ2) is 9.90. The van der Waals surface area contributed by atoms with Gasteiger partial charge in [-0.2, -0.15) is 0 Å². The standard InChI is InChI=1S/C25H26N6O2S/c1-16-12-18(20-4-2-3-5-21(20)28-16)15-26-14-17-7-10-31(11-8-17)24-27-9-6-19(29-24)13-22-23(32)30-25(33)34-22/h2-6,9,12-13,17,26H,7-8,10-11,14-15H2,1H3,(H,30,32,33)/b22-13-. The number of hydrogen-bond acceptors (Lipinski definition) is 8. The van der Waals surface area contributed by atoms with Gasteiger partial charge < -0.3 is 10.2 Å². The summed E-state index contributed by atoms with van der Waals surface area (Å²) >= 11 is 0.894. The number of amides is 2. The Morgan fingerprint density at radius 2 is 2.00 bits per heavy atom. The summed E-state index contributed by atoms with van der Waals surface area (Å²) in [5.74, 6) is 0.882. The molecule has 0 aliphatic carbocycles. The number of anilines is 1. The molecule has 0 bridgehead atoms. The quantitative estimate of drug-likeness (QED) is 0.522. The van der Waals surface area contributed by atoms with Crippen LogP contribution >= 0.6 is 11.8 Å². The molecule has 2 aromatic heterocycles. The van der Waals surface area contributed by atoms with Crippen molar-refractivity contribution >= 4 is 45.8 Å². The van der Waals surface area contributed by atoms with Crippen molar-refractivity contribution in [3.05, 3.63) is 64.5 Å². The molecule has 4 heterocycles. The lowest BCUT2D eigenvalue weighted by Crippen LogP contribution is -2.38. The van der Waals surface area contributed by atoms with Crippen LogP contribution in [0.25, 0.3) is 17.0 Å². The van der Waals surface area contributed by atoms with Crippen molar-refractivity contribution in [2.45, 2.75) is 26.3 Å². The molecule has 174 valence electrons. The highest BCUT2D eigenvalue weighted by molar-refractivity contribution is 8.18. The largest absolute Gasteiger partial charge is 0.341 e. The normalized spacial score (nSPS) is 18.1. The molecule has 5 rings (SSSR count). The highest BCUT2D eigenvalue weighted by atomic mass is 32.2. The highest BCUT2D eigenvalue weighted by Gasteiger charge is 2.25. The Morgan fingerprint density at radius 1 is 1.18 bits per heavy atom. The number of benzene rings is 1. The molecule has 0 spiro atoms. The molecule has 0 atom stereocenters. The molecule has 9 heteroatoms. The molecule has 0 radical (unpaired) electrons. The predicted octanol–water partition coefficient (Wildman–Crippen LogP) is 3.66. The van der Waals surface area contributed by atoms with Crippen molar-refractivity contribution in [2.24, 2.45) is 5.92 Å². The summed E-state index contributed by atoms with van der Waals surface area (Å²) in [4.78, 5) is 39.3. The Morgan fingerprint density at radius 3 is 2.79 bits per heavy atom. The van der Waals surface area contributed by atoms with Gasteiger partial charge in [0.25, 0.3) is 11.1 Å². The van der Waals surface area contributed by atoms with Crippen molar-refractivity contribution in [1.82, 2.24) is 25.6 Å². The van der Waals surface area contributed by atoms with Crippen molar-refractivity contribution in [3.63, 3.8) is 0 Å². The molecular formula is C25H26N6O2S. The number of para-hydroxylation sites is 1. The smallest absolute Gasteiger partial charge is 0.290 e. The van der Waals surface area contributed by atoms with E-state index in [9.17, 15) is 9.59 Å². The lowest BCUT2D eigenvalue weighted by molar-refractivity contribution is -0.115. The van der Waals surface area contributed by atoms with Crippen molar-refractivity contribution in [3.8, 4) is 0 Å². The number of aromatic nitrogens is 3. The van der Waals surface area contributed by atoms with Gasteiger partial charge in [0, 0.05) is 36.9 Å². The number of nitrogens with zero attached hydrogens (tertiary/aromatic N) is 4. The van der Waals surface area contributed by atoms with Crippen LogP contribution in [-0.4, -0.2) is 45.7 Å². The molecule has 2 amide bonds. The lowest BCUT2D eigenvalue weighted by Gasteiger charge is -2.32. The van der Waals surface area contributed by atoms with Crippen LogP contribution < -0.4 is 15.5 Å². The molecule has 2 saturated heterocycles. The van der Waals surface area contributed by atoms with E-state index in [0.717, 1.165) is 62.0 Å². The van der Waals surface area contributed by atoms with Gasteiger partial charge in [0.1, 0.15) is 0 Å². The van der Waals surface area contributed by atoms with E-state index < -0.39 is 0 Å². The first kappa shape index (κ1) is 22.5. The van der Waals surface area contributed by atoms with Crippen LogP contribution in [0.3, 0.4) is 0 Å². The number of piperidine rings is 1. The zero-order chi connectivity index (χ0) is 23.5. The molecule has 3 aromatic rings. The number of rotatable bonds is 6. The number of imide groups is 1. The molecule has 2 N–H and O–H groups in total. The predicted molar refractivity (Wildman–Crippen MR) is 134 cm³/mol. The summed E-state index contributed by atoms with van der Waals surface area (Å²) < 4.78 is 0. The summed E-state index contributed by atoms with van der Waals surface area (Å²) in [5.41, 5.74) is 4.00. The first-order valence-electron chi connectivity index (χ1n) is 11.4. The maximum absolute atomic E-state index is 11.8. The zero-order valence-corrected chi connectivity index (χ0v) is 19.8. The summed E-state index contributed by atoms with van der Waals surface area (Å²) in [7, 11) is 0. The second-order valence-corrected chi connectivity index (χ2v) is 9.65. The Labute approximate surface area is 202 Å². The minimum absolute atomic E-state index is 0.353. The van der Waals surface area contributed by atoms with E-state index in [2.05, 4.69) is 54.8 Å². The molecule has 0 saturated carbocycles. The van der Waals surface area contributed by atoms with Gasteiger partial charge in [0.2, 0.25) is 5.95 Å². The van der Waals surface area contributed by atoms with Crippen LogP contribution in [0.1, 0.15) is 29.8 Å². The number of carbonyl (C=O) groups excluding carboxylic acids is 2. The number of nitrogens with one attached hydrogen (secondary N) is 2. The molecule has 8 nitrogen and oxygen atoms in total. The van der Waals surface area contributed by atoms with E-state index in [1.807, 2.05) is 13.0 Å². The molecule has 0 unspecified atom stereocenters. The van der Waals surface area contributed by atoms with Crippen molar-refractivity contribution in [1.29, 1.82) is 0 Å². The van der Waals surface area contributed by atoms with Crippen molar-refractivity contribution in [2.75, 3.05) is 24.5 Å². The van der Waals surface area contributed by atoms with Crippen LogP contribution in [0.4, 0.5) is 10.7 Å². The van der Waals surface area contributed by atoms with Gasteiger partial charge in [0.05, 0.1) is 16.1 Å². The first-order valence-corrected chi connectivity index (χ1v) is 12.3. The molecule has 1 aromatic carbocycles. The fourth-order valence-corrected chi connectivity index (χ4v) is 5.11. The van der Waals surface area contributed by atoms with Gasteiger partial charge in [-0.05, 0) is 73.8 Å².